The molecule has 4 heteroatoms. The monoisotopic (exact) mass is 314 g/mol. The van der Waals surface area contributed by atoms with Gasteiger partial charge in [0, 0.05) is 11.1 Å². The van der Waals surface area contributed by atoms with E-state index < -0.39 is 0 Å². The van der Waals surface area contributed by atoms with Crippen molar-refractivity contribution in [1.29, 1.82) is 0 Å². The first-order valence-corrected chi connectivity index (χ1v) is 7.37. The van der Waals surface area contributed by atoms with Crippen LogP contribution in [0.25, 0.3) is 6.08 Å². The summed E-state index contributed by atoms with van der Waals surface area (Å²) in [5.41, 5.74) is 3.33. The average Bonchev–Trinajstić information content (AvgIpc) is 2.53. The van der Waals surface area contributed by atoms with Crippen LogP contribution in [0.1, 0.15) is 27.9 Å². The maximum absolute atomic E-state index is 12.5. The van der Waals surface area contributed by atoms with Crippen LogP contribution in [0.2, 0.25) is 5.02 Å². The minimum absolute atomic E-state index is 0.0463. The molecule has 0 aliphatic heterocycles. The van der Waals surface area contributed by atoms with E-state index in [1.807, 2.05) is 30.3 Å². The van der Waals surface area contributed by atoms with Crippen molar-refractivity contribution in [3.63, 3.8) is 0 Å². The van der Waals surface area contributed by atoms with Gasteiger partial charge in [-0.2, -0.15) is 0 Å². The van der Waals surface area contributed by atoms with Crippen molar-refractivity contribution in [1.82, 2.24) is 0 Å². The third-order valence-corrected chi connectivity index (χ3v) is 4.12. The molecule has 0 aromatic heterocycles. The van der Waals surface area contributed by atoms with Crippen LogP contribution in [0.5, 0.6) is 11.5 Å². The molecular weight excluding hydrogens is 300 g/mol. The topological polar surface area (TPSA) is 46.5 Å². The Hall–Kier alpha value is -2.26. The van der Waals surface area contributed by atoms with Gasteiger partial charge in [-0.05, 0) is 42.2 Å². The SMILES string of the molecule is COc1cc(/C=C2/CCc3ccccc3C2=O)cc(Cl)c1O. The molecule has 0 atom stereocenters. The van der Waals surface area contributed by atoms with Crippen LogP contribution in [0.15, 0.2) is 42.0 Å². The maximum atomic E-state index is 12.5. The molecule has 1 aliphatic carbocycles. The van der Waals surface area contributed by atoms with Gasteiger partial charge in [-0.3, -0.25) is 4.79 Å². The Bertz CT molecular complexity index is 778. The molecular formula is C18H15ClO3. The molecule has 0 saturated carbocycles. The van der Waals surface area contributed by atoms with Crippen molar-refractivity contribution in [3.05, 3.63) is 63.7 Å². The lowest BCUT2D eigenvalue weighted by atomic mass is 9.86. The molecule has 0 amide bonds. The van der Waals surface area contributed by atoms with Crippen LogP contribution in [-0.4, -0.2) is 18.0 Å². The second kappa shape index (κ2) is 5.85. The Morgan fingerprint density at radius 2 is 2.00 bits per heavy atom. The Kier molecular flexibility index (Phi) is 3.90. The van der Waals surface area contributed by atoms with E-state index in [0.29, 0.717) is 12.2 Å². The summed E-state index contributed by atoms with van der Waals surface area (Å²) in [5.74, 6) is 0.250. The first-order valence-electron chi connectivity index (χ1n) is 7.00. The zero-order valence-electron chi connectivity index (χ0n) is 12.1. The van der Waals surface area contributed by atoms with Gasteiger partial charge < -0.3 is 9.84 Å². The van der Waals surface area contributed by atoms with Gasteiger partial charge in [0.25, 0.3) is 0 Å². The fourth-order valence-electron chi connectivity index (χ4n) is 2.69. The van der Waals surface area contributed by atoms with Gasteiger partial charge in [0.2, 0.25) is 0 Å². The fourth-order valence-corrected chi connectivity index (χ4v) is 2.91. The molecule has 2 aromatic carbocycles. The van der Waals surface area contributed by atoms with Crippen molar-refractivity contribution in [2.24, 2.45) is 0 Å². The number of rotatable bonds is 2. The normalized spacial score (nSPS) is 15.7. The lowest BCUT2D eigenvalue weighted by Gasteiger charge is -2.17. The van der Waals surface area contributed by atoms with Gasteiger partial charge in [0.15, 0.2) is 17.3 Å². The van der Waals surface area contributed by atoms with Gasteiger partial charge in [-0.15, -0.1) is 0 Å². The molecule has 0 bridgehead atoms. The predicted octanol–water partition coefficient (Wildman–Crippen LogP) is 4.27. The Balaban J connectivity index is 2.00. The molecule has 22 heavy (non-hydrogen) atoms. The number of methoxy groups -OCH3 is 1. The number of fused-ring (bicyclic) bond motifs is 1. The second-order valence-corrected chi connectivity index (χ2v) is 5.62. The molecule has 0 heterocycles. The maximum Gasteiger partial charge on any atom is 0.189 e. The van der Waals surface area contributed by atoms with Crippen LogP contribution < -0.4 is 4.74 Å². The molecule has 2 aromatic rings. The molecule has 0 unspecified atom stereocenters. The van der Waals surface area contributed by atoms with Crippen LogP contribution in [0, 0.1) is 0 Å². The second-order valence-electron chi connectivity index (χ2n) is 5.21. The number of hydrogen-bond donors (Lipinski definition) is 1. The summed E-state index contributed by atoms with van der Waals surface area (Å²) in [7, 11) is 1.46. The first kappa shape index (κ1) is 14.7. The summed E-state index contributed by atoms with van der Waals surface area (Å²) in [6.07, 6.45) is 3.35. The smallest absolute Gasteiger partial charge is 0.189 e. The summed E-state index contributed by atoms with van der Waals surface area (Å²) in [4.78, 5) is 12.5. The highest BCUT2D eigenvalue weighted by atomic mass is 35.5. The van der Waals surface area contributed by atoms with Gasteiger partial charge in [0.1, 0.15) is 0 Å². The molecule has 1 aliphatic rings. The lowest BCUT2D eigenvalue weighted by molar-refractivity contribution is 0.102. The molecule has 0 saturated heterocycles. The summed E-state index contributed by atoms with van der Waals surface area (Å²) >= 11 is 5.99. The van der Waals surface area contributed by atoms with E-state index >= 15 is 0 Å². The van der Waals surface area contributed by atoms with Crippen molar-refractivity contribution in [3.8, 4) is 11.5 Å². The third kappa shape index (κ3) is 2.60. The Morgan fingerprint density at radius 1 is 1.23 bits per heavy atom. The Labute approximate surface area is 133 Å². The number of carbonyl (C=O) groups is 1. The number of phenols is 1. The molecule has 0 spiro atoms. The molecule has 0 radical (unpaired) electrons. The number of phenolic OH excluding ortho intramolecular Hbond substituents is 1. The van der Waals surface area contributed by atoms with Gasteiger partial charge in [-0.1, -0.05) is 35.9 Å². The Morgan fingerprint density at radius 3 is 2.77 bits per heavy atom. The van der Waals surface area contributed by atoms with Crippen molar-refractivity contribution >= 4 is 23.5 Å². The van der Waals surface area contributed by atoms with E-state index in [2.05, 4.69) is 0 Å². The molecule has 3 rings (SSSR count). The number of hydrogen-bond acceptors (Lipinski definition) is 3. The van der Waals surface area contributed by atoms with E-state index in [4.69, 9.17) is 16.3 Å². The van der Waals surface area contributed by atoms with Crippen molar-refractivity contribution in [2.45, 2.75) is 12.8 Å². The lowest BCUT2D eigenvalue weighted by Crippen LogP contribution is -2.13. The fraction of sp³-hybridized carbons (Fsp3) is 0.167. The van der Waals surface area contributed by atoms with Gasteiger partial charge in [-0.25, -0.2) is 0 Å². The minimum Gasteiger partial charge on any atom is -0.503 e. The van der Waals surface area contributed by atoms with E-state index in [0.717, 1.165) is 28.7 Å². The average molecular weight is 315 g/mol. The summed E-state index contributed by atoms with van der Waals surface area (Å²) < 4.78 is 5.09. The van der Waals surface area contributed by atoms with E-state index in [1.54, 1.807) is 12.1 Å². The van der Waals surface area contributed by atoms with Crippen LogP contribution in [-0.2, 0) is 6.42 Å². The highest BCUT2D eigenvalue weighted by Gasteiger charge is 2.21. The molecule has 112 valence electrons. The van der Waals surface area contributed by atoms with Crippen LogP contribution in [0.3, 0.4) is 0 Å². The number of aromatic hydroxyl groups is 1. The van der Waals surface area contributed by atoms with Crippen molar-refractivity contribution < 1.29 is 14.6 Å². The van der Waals surface area contributed by atoms with Crippen LogP contribution in [0.4, 0.5) is 0 Å². The summed E-state index contributed by atoms with van der Waals surface area (Å²) in [5, 5.41) is 9.97. The summed E-state index contributed by atoms with van der Waals surface area (Å²) in [6, 6.07) is 11.0. The quantitative estimate of drug-likeness (QED) is 0.842. The summed E-state index contributed by atoms with van der Waals surface area (Å²) in [6.45, 7) is 0. The number of Topliss-reactive ketones (excluding diaryl/α,β-unsaturated/α-hetero) is 1. The van der Waals surface area contributed by atoms with Crippen molar-refractivity contribution in [2.75, 3.05) is 7.11 Å². The predicted molar refractivity (Wildman–Crippen MR) is 86.7 cm³/mol. The zero-order valence-corrected chi connectivity index (χ0v) is 12.9. The highest BCUT2D eigenvalue weighted by Crippen LogP contribution is 2.36. The third-order valence-electron chi connectivity index (χ3n) is 3.83. The number of benzene rings is 2. The number of carbonyl (C=O) groups excluding carboxylic acids is 1. The number of aryl methyl sites for hydroxylation is 1. The van der Waals surface area contributed by atoms with Gasteiger partial charge >= 0.3 is 0 Å². The van der Waals surface area contributed by atoms with Gasteiger partial charge in [0.05, 0.1) is 12.1 Å². The zero-order chi connectivity index (χ0) is 15.7. The van der Waals surface area contributed by atoms with E-state index in [1.165, 1.54) is 7.11 Å². The highest BCUT2D eigenvalue weighted by molar-refractivity contribution is 6.32. The standard InChI is InChI=1S/C18H15ClO3/c1-22-16-10-11(9-15(19)18(16)21)8-13-7-6-12-4-2-3-5-14(12)17(13)20/h2-5,8-10,21H,6-7H2,1H3/b13-8-. The van der Waals surface area contributed by atoms with E-state index in [-0.39, 0.29) is 16.6 Å². The largest absolute Gasteiger partial charge is 0.503 e. The number of allylic oxidation sites excluding steroid dienone is 1. The molecule has 3 nitrogen and oxygen atoms in total. The number of halogens is 1. The molecule has 0 fully saturated rings. The molecule has 1 N–H and O–H groups in total. The minimum atomic E-state index is -0.0911. The first-order chi connectivity index (χ1) is 10.6. The number of ether oxygens (including phenoxy) is 1. The number of ketones is 1. The van der Waals surface area contributed by atoms with E-state index in [9.17, 15) is 9.90 Å². The van der Waals surface area contributed by atoms with Crippen LogP contribution >= 0.6 is 11.6 Å².